The van der Waals surface area contributed by atoms with Gasteiger partial charge in [-0.2, -0.15) is 0 Å². The van der Waals surface area contributed by atoms with Crippen molar-refractivity contribution in [3.05, 3.63) is 41.3 Å². The van der Waals surface area contributed by atoms with Gasteiger partial charge >= 0.3 is 0 Å². The predicted molar refractivity (Wildman–Crippen MR) is 114 cm³/mol. The molecule has 2 aliphatic rings. The third-order valence-corrected chi connectivity index (χ3v) is 5.80. The van der Waals surface area contributed by atoms with Crippen LogP contribution in [0.15, 0.2) is 24.3 Å². The number of amides is 1. The smallest absolute Gasteiger partial charge is 0.222 e. The van der Waals surface area contributed by atoms with E-state index < -0.39 is 0 Å². The van der Waals surface area contributed by atoms with Crippen molar-refractivity contribution in [2.75, 3.05) is 37.7 Å². The van der Waals surface area contributed by atoms with Crippen LogP contribution in [0.5, 0.6) is 0 Å². The lowest BCUT2D eigenvalue weighted by Gasteiger charge is -2.34. The number of ether oxygens (including phenoxy) is 1. The maximum atomic E-state index is 13.4. The zero-order valence-corrected chi connectivity index (χ0v) is 17.6. The molecule has 7 heteroatoms. The monoisotopic (exact) mass is 412 g/mol. The van der Waals surface area contributed by atoms with Crippen molar-refractivity contribution >= 4 is 11.7 Å². The van der Waals surface area contributed by atoms with E-state index in [1.165, 1.54) is 12.1 Å². The number of fused-ring (bicyclic) bond motifs is 1. The lowest BCUT2D eigenvalue weighted by atomic mass is 10.0. The molecule has 0 unspecified atom stereocenters. The number of benzene rings is 1. The SMILES string of the molecule is CCCCCC(=O)N1CCc2nc(-c3ccc(F)cc3)nc(N3CCOCC3)c2C1. The van der Waals surface area contributed by atoms with E-state index in [0.717, 1.165) is 55.0 Å². The first-order valence-electron chi connectivity index (χ1n) is 10.9. The summed E-state index contributed by atoms with van der Waals surface area (Å²) < 4.78 is 18.9. The molecule has 6 nitrogen and oxygen atoms in total. The van der Waals surface area contributed by atoms with Crippen molar-refractivity contribution in [3.8, 4) is 11.4 Å². The zero-order chi connectivity index (χ0) is 20.9. The van der Waals surface area contributed by atoms with E-state index in [0.29, 0.717) is 45.0 Å². The number of carbonyl (C=O) groups is 1. The summed E-state index contributed by atoms with van der Waals surface area (Å²) in [6.07, 6.45) is 4.44. The van der Waals surface area contributed by atoms with Gasteiger partial charge in [-0.1, -0.05) is 19.8 Å². The van der Waals surface area contributed by atoms with Gasteiger partial charge in [0.1, 0.15) is 11.6 Å². The minimum absolute atomic E-state index is 0.213. The van der Waals surface area contributed by atoms with E-state index in [-0.39, 0.29) is 11.7 Å². The van der Waals surface area contributed by atoms with E-state index in [1.807, 2.05) is 4.90 Å². The highest BCUT2D eigenvalue weighted by Crippen LogP contribution is 2.30. The number of unbranched alkanes of at least 4 members (excludes halogenated alkanes) is 2. The Morgan fingerprint density at radius 1 is 1.10 bits per heavy atom. The summed E-state index contributed by atoms with van der Waals surface area (Å²) in [5.74, 6) is 1.43. The summed E-state index contributed by atoms with van der Waals surface area (Å²) in [5, 5.41) is 0. The quantitative estimate of drug-likeness (QED) is 0.679. The molecule has 3 heterocycles. The van der Waals surface area contributed by atoms with Crippen LogP contribution < -0.4 is 4.90 Å². The maximum Gasteiger partial charge on any atom is 0.222 e. The first-order chi connectivity index (χ1) is 14.7. The number of hydrogen-bond acceptors (Lipinski definition) is 5. The first kappa shape index (κ1) is 20.7. The fraction of sp³-hybridized carbons (Fsp3) is 0.522. The summed E-state index contributed by atoms with van der Waals surface area (Å²) in [6, 6.07) is 6.30. The van der Waals surface area contributed by atoms with Gasteiger partial charge < -0.3 is 14.5 Å². The lowest BCUT2D eigenvalue weighted by molar-refractivity contribution is -0.132. The minimum Gasteiger partial charge on any atom is -0.378 e. The Hall–Kier alpha value is -2.54. The second kappa shape index (κ2) is 9.51. The van der Waals surface area contributed by atoms with E-state index in [4.69, 9.17) is 14.7 Å². The Bertz CT molecular complexity index is 882. The van der Waals surface area contributed by atoms with Crippen molar-refractivity contribution in [2.24, 2.45) is 0 Å². The van der Waals surface area contributed by atoms with Crippen LogP contribution in [0.4, 0.5) is 10.2 Å². The van der Waals surface area contributed by atoms with Gasteiger partial charge in [0.25, 0.3) is 0 Å². The summed E-state index contributed by atoms with van der Waals surface area (Å²) in [7, 11) is 0. The third kappa shape index (κ3) is 4.61. The van der Waals surface area contributed by atoms with E-state index in [1.54, 1.807) is 12.1 Å². The third-order valence-electron chi connectivity index (χ3n) is 5.80. The van der Waals surface area contributed by atoms with Crippen LogP contribution >= 0.6 is 0 Å². The van der Waals surface area contributed by atoms with Crippen LogP contribution in [0.3, 0.4) is 0 Å². The molecule has 1 aromatic heterocycles. The predicted octanol–water partition coefficient (Wildman–Crippen LogP) is 3.58. The number of aromatic nitrogens is 2. The van der Waals surface area contributed by atoms with Crippen LogP contribution in [0, 0.1) is 5.82 Å². The molecule has 0 N–H and O–H groups in total. The van der Waals surface area contributed by atoms with Gasteiger partial charge in [0, 0.05) is 43.6 Å². The molecule has 1 fully saturated rings. The number of rotatable bonds is 6. The molecule has 1 saturated heterocycles. The molecule has 2 aromatic rings. The molecule has 1 amide bonds. The molecular formula is C23H29FN4O2. The maximum absolute atomic E-state index is 13.4. The molecule has 1 aromatic carbocycles. The van der Waals surface area contributed by atoms with Crippen molar-refractivity contribution in [1.82, 2.24) is 14.9 Å². The summed E-state index contributed by atoms with van der Waals surface area (Å²) >= 11 is 0. The highest BCUT2D eigenvalue weighted by Gasteiger charge is 2.28. The molecule has 0 atom stereocenters. The van der Waals surface area contributed by atoms with E-state index in [9.17, 15) is 9.18 Å². The highest BCUT2D eigenvalue weighted by molar-refractivity contribution is 5.77. The number of halogens is 1. The molecule has 0 saturated carbocycles. The van der Waals surface area contributed by atoms with E-state index in [2.05, 4.69) is 11.8 Å². The fourth-order valence-electron chi connectivity index (χ4n) is 4.06. The van der Waals surface area contributed by atoms with Gasteiger partial charge in [-0.25, -0.2) is 14.4 Å². The van der Waals surface area contributed by atoms with Crippen LogP contribution in [0.25, 0.3) is 11.4 Å². The van der Waals surface area contributed by atoms with E-state index >= 15 is 0 Å². The number of anilines is 1. The average Bonchev–Trinajstić information content (AvgIpc) is 2.79. The fourth-order valence-corrected chi connectivity index (χ4v) is 4.06. The Balaban J connectivity index is 1.65. The number of hydrogen-bond donors (Lipinski definition) is 0. The van der Waals surface area contributed by atoms with Crippen LogP contribution in [-0.2, 0) is 22.5 Å². The van der Waals surface area contributed by atoms with Gasteiger partial charge in [-0.05, 0) is 30.7 Å². The molecule has 4 rings (SSSR count). The topological polar surface area (TPSA) is 58.6 Å². The molecule has 0 radical (unpaired) electrons. The largest absolute Gasteiger partial charge is 0.378 e. The first-order valence-corrected chi connectivity index (χ1v) is 10.9. The standard InChI is InChI=1S/C23H29FN4O2/c1-2-3-4-5-21(29)28-11-10-20-19(16-28)23(27-12-14-30-15-13-27)26-22(25-20)17-6-8-18(24)9-7-17/h6-9H,2-5,10-16H2,1H3. The van der Waals surface area contributed by atoms with Gasteiger partial charge in [-0.15, -0.1) is 0 Å². The second-order valence-electron chi connectivity index (χ2n) is 7.92. The minimum atomic E-state index is -0.276. The Labute approximate surface area is 177 Å². The molecule has 30 heavy (non-hydrogen) atoms. The number of morpholine rings is 1. The molecule has 0 bridgehead atoms. The van der Waals surface area contributed by atoms with Crippen molar-refractivity contribution in [3.63, 3.8) is 0 Å². The average molecular weight is 413 g/mol. The van der Waals surface area contributed by atoms with Gasteiger partial charge in [0.15, 0.2) is 5.82 Å². The Morgan fingerprint density at radius 3 is 2.60 bits per heavy atom. The zero-order valence-electron chi connectivity index (χ0n) is 17.6. The molecule has 0 spiro atoms. The second-order valence-corrected chi connectivity index (χ2v) is 7.92. The summed E-state index contributed by atoms with van der Waals surface area (Å²) in [4.78, 5) is 26.6. The Kier molecular flexibility index (Phi) is 6.57. The number of nitrogens with zero attached hydrogens (tertiary/aromatic N) is 4. The highest BCUT2D eigenvalue weighted by atomic mass is 19.1. The molecule has 160 valence electrons. The molecule has 2 aliphatic heterocycles. The van der Waals surface area contributed by atoms with Crippen molar-refractivity contribution < 1.29 is 13.9 Å². The van der Waals surface area contributed by atoms with Gasteiger partial charge in [0.2, 0.25) is 5.91 Å². The van der Waals surface area contributed by atoms with Crippen LogP contribution in [0.1, 0.15) is 43.9 Å². The molecule has 0 aliphatic carbocycles. The van der Waals surface area contributed by atoms with Crippen molar-refractivity contribution in [1.29, 1.82) is 0 Å². The molecular weight excluding hydrogens is 383 g/mol. The summed E-state index contributed by atoms with van der Waals surface area (Å²) in [5.41, 5.74) is 2.83. The Morgan fingerprint density at radius 2 is 1.87 bits per heavy atom. The van der Waals surface area contributed by atoms with Crippen LogP contribution in [-0.4, -0.2) is 53.6 Å². The van der Waals surface area contributed by atoms with Crippen LogP contribution in [0.2, 0.25) is 0 Å². The normalized spacial score (nSPS) is 16.5. The lowest BCUT2D eigenvalue weighted by Crippen LogP contribution is -2.41. The van der Waals surface area contributed by atoms with Gasteiger partial charge in [-0.3, -0.25) is 4.79 Å². The van der Waals surface area contributed by atoms with Crippen molar-refractivity contribution in [2.45, 2.75) is 45.6 Å². The summed E-state index contributed by atoms with van der Waals surface area (Å²) in [6.45, 7) is 6.21. The van der Waals surface area contributed by atoms with Gasteiger partial charge in [0.05, 0.1) is 25.5 Å². The number of carbonyl (C=O) groups excluding carboxylic acids is 1.